The molecule has 2 aliphatic rings. The van der Waals surface area contributed by atoms with Crippen LogP contribution in [0.2, 0.25) is 0 Å². The summed E-state index contributed by atoms with van der Waals surface area (Å²) in [6.07, 6.45) is 6.13. The van der Waals surface area contributed by atoms with E-state index in [2.05, 4.69) is 17.2 Å². The van der Waals surface area contributed by atoms with Crippen LogP contribution < -0.4 is 0 Å². The smallest absolute Gasteiger partial charge is 0.254 e. The van der Waals surface area contributed by atoms with E-state index in [0.717, 1.165) is 42.6 Å². The third kappa shape index (κ3) is 4.05. The SMILES string of the molecule is O=C(c1cccc(-n2nccc2-c2ccccc2)c1)N1CCN(C(=O)C2CCCC2)CC1. The van der Waals surface area contributed by atoms with E-state index in [4.69, 9.17) is 0 Å². The van der Waals surface area contributed by atoms with E-state index in [9.17, 15) is 9.59 Å². The molecule has 3 aromatic rings. The summed E-state index contributed by atoms with van der Waals surface area (Å²) in [7, 11) is 0. The minimum atomic E-state index is 0.00762. The summed E-state index contributed by atoms with van der Waals surface area (Å²) >= 11 is 0. The largest absolute Gasteiger partial charge is 0.339 e. The maximum Gasteiger partial charge on any atom is 0.254 e. The van der Waals surface area contributed by atoms with Crippen LogP contribution in [0.15, 0.2) is 66.9 Å². The first-order valence-electron chi connectivity index (χ1n) is 11.5. The minimum absolute atomic E-state index is 0.00762. The fourth-order valence-electron chi connectivity index (χ4n) is 4.85. The number of nitrogens with zero attached hydrogens (tertiary/aromatic N) is 4. The van der Waals surface area contributed by atoms with Gasteiger partial charge in [0.05, 0.1) is 17.6 Å². The molecule has 1 saturated carbocycles. The van der Waals surface area contributed by atoms with Crippen molar-refractivity contribution in [3.8, 4) is 16.9 Å². The van der Waals surface area contributed by atoms with Crippen molar-refractivity contribution in [1.29, 1.82) is 0 Å². The number of hydrogen-bond acceptors (Lipinski definition) is 3. The van der Waals surface area contributed by atoms with Gasteiger partial charge in [-0.3, -0.25) is 9.59 Å². The van der Waals surface area contributed by atoms with E-state index in [1.165, 1.54) is 0 Å². The molecule has 1 aromatic heterocycles. The van der Waals surface area contributed by atoms with Crippen LogP contribution in [0.1, 0.15) is 36.0 Å². The zero-order valence-electron chi connectivity index (χ0n) is 18.2. The highest BCUT2D eigenvalue weighted by Gasteiger charge is 2.30. The molecule has 6 heteroatoms. The van der Waals surface area contributed by atoms with Crippen molar-refractivity contribution >= 4 is 11.8 Å². The van der Waals surface area contributed by atoms with Crippen LogP contribution in [0.4, 0.5) is 0 Å². The molecule has 1 aliphatic carbocycles. The molecule has 0 unspecified atom stereocenters. The highest BCUT2D eigenvalue weighted by atomic mass is 16.2. The molecule has 2 amide bonds. The van der Waals surface area contributed by atoms with E-state index in [0.29, 0.717) is 31.7 Å². The Kier molecular flexibility index (Phi) is 5.75. The lowest BCUT2D eigenvalue weighted by Gasteiger charge is -2.36. The molecule has 32 heavy (non-hydrogen) atoms. The Hall–Kier alpha value is -3.41. The van der Waals surface area contributed by atoms with E-state index in [-0.39, 0.29) is 17.7 Å². The van der Waals surface area contributed by atoms with Crippen LogP contribution in [-0.4, -0.2) is 57.6 Å². The molecule has 0 radical (unpaired) electrons. The van der Waals surface area contributed by atoms with Gasteiger partial charge in [0, 0.05) is 43.2 Å². The fourth-order valence-corrected chi connectivity index (χ4v) is 4.85. The summed E-state index contributed by atoms with van der Waals surface area (Å²) in [5.41, 5.74) is 3.56. The third-order valence-corrected chi connectivity index (χ3v) is 6.63. The molecular formula is C26H28N4O2. The van der Waals surface area contributed by atoms with Gasteiger partial charge >= 0.3 is 0 Å². The van der Waals surface area contributed by atoms with Gasteiger partial charge in [-0.1, -0.05) is 49.2 Å². The molecule has 2 aromatic carbocycles. The maximum atomic E-state index is 13.2. The number of rotatable bonds is 4. The zero-order valence-corrected chi connectivity index (χ0v) is 18.2. The van der Waals surface area contributed by atoms with Gasteiger partial charge in [0.15, 0.2) is 0 Å². The van der Waals surface area contributed by atoms with Gasteiger partial charge in [0.1, 0.15) is 0 Å². The van der Waals surface area contributed by atoms with Crippen molar-refractivity contribution in [2.75, 3.05) is 26.2 Å². The number of aromatic nitrogens is 2. The summed E-state index contributed by atoms with van der Waals surface area (Å²) in [4.78, 5) is 29.7. The summed E-state index contributed by atoms with van der Waals surface area (Å²) in [6, 6.07) is 19.7. The van der Waals surface area contributed by atoms with Gasteiger partial charge in [-0.2, -0.15) is 5.10 Å². The molecule has 0 N–H and O–H groups in total. The van der Waals surface area contributed by atoms with Crippen molar-refractivity contribution in [2.45, 2.75) is 25.7 Å². The quantitative estimate of drug-likeness (QED) is 0.631. The van der Waals surface area contributed by atoms with Crippen LogP contribution in [0.3, 0.4) is 0 Å². The van der Waals surface area contributed by atoms with Gasteiger partial charge in [-0.05, 0) is 37.1 Å². The van der Waals surface area contributed by atoms with E-state index in [1.807, 2.05) is 63.0 Å². The van der Waals surface area contributed by atoms with Gasteiger partial charge in [0.2, 0.25) is 5.91 Å². The first-order valence-corrected chi connectivity index (χ1v) is 11.5. The molecule has 0 spiro atoms. The van der Waals surface area contributed by atoms with Gasteiger partial charge in [0.25, 0.3) is 5.91 Å². The van der Waals surface area contributed by atoms with Crippen molar-refractivity contribution in [3.63, 3.8) is 0 Å². The highest BCUT2D eigenvalue weighted by Crippen LogP contribution is 2.27. The van der Waals surface area contributed by atoms with Crippen molar-refractivity contribution < 1.29 is 9.59 Å². The summed E-state index contributed by atoms with van der Waals surface area (Å²) in [5, 5.41) is 4.49. The molecule has 1 saturated heterocycles. The number of carbonyl (C=O) groups excluding carboxylic acids is 2. The Morgan fingerprint density at radius 1 is 0.812 bits per heavy atom. The summed E-state index contributed by atoms with van der Waals surface area (Å²) in [6.45, 7) is 2.41. The van der Waals surface area contributed by atoms with E-state index < -0.39 is 0 Å². The first-order chi connectivity index (χ1) is 15.7. The van der Waals surface area contributed by atoms with Crippen molar-refractivity contribution in [2.24, 2.45) is 5.92 Å². The lowest BCUT2D eigenvalue weighted by atomic mass is 10.1. The second-order valence-corrected chi connectivity index (χ2v) is 8.64. The predicted molar refractivity (Wildman–Crippen MR) is 123 cm³/mol. The number of carbonyl (C=O) groups is 2. The van der Waals surface area contributed by atoms with Crippen LogP contribution in [-0.2, 0) is 4.79 Å². The highest BCUT2D eigenvalue weighted by molar-refractivity contribution is 5.95. The van der Waals surface area contributed by atoms with Crippen molar-refractivity contribution in [1.82, 2.24) is 19.6 Å². The molecule has 1 aliphatic heterocycles. The predicted octanol–water partition coefficient (Wildman–Crippen LogP) is 4.01. The topological polar surface area (TPSA) is 58.4 Å². The molecule has 5 rings (SSSR count). The van der Waals surface area contributed by atoms with E-state index >= 15 is 0 Å². The molecule has 6 nitrogen and oxygen atoms in total. The molecule has 0 bridgehead atoms. The lowest BCUT2D eigenvalue weighted by Crippen LogP contribution is -2.51. The molecule has 2 fully saturated rings. The summed E-state index contributed by atoms with van der Waals surface area (Å²) in [5.74, 6) is 0.485. The Morgan fingerprint density at radius 3 is 2.28 bits per heavy atom. The Labute approximate surface area is 188 Å². The van der Waals surface area contributed by atoms with Gasteiger partial charge in [-0.25, -0.2) is 4.68 Å². The van der Waals surface area contributed by atoms with Crippen LogP contribution in [0.5, 0.6) is 0 Å². The second-order valence-electron chi connectivity index (χ2n) is 8.64. The Morgan fingerprint density at radius 2 is 1.53 bits per heavy atom. The van der Waals surface area contributed by atoms with Crippen molar-refractivity contribution in [3.05, 3.63) is 72.4 Å². The third-order valence-electron chi connectivity index (χ3n) is 6.63. The minimum Gasteiger partial charge on any atom is -0.339 e. The lowest BCUT2D eigenvalue weighted by molar-refractivity contribution is -0.136. The monoisotopic (exact) mass is 428 g/mol. The summed E-state index contributed by atoms with van der Waals surface area (Å²) < 4.78 is 1.87. The normalized spacial score (nSPS) is 17.0. The second kappa shape index (κ2) is 8.99. The first kappa shape index (κ1) is 20.5. The van der Waals surface area contributed by atoms with Crippen LogP contribution in [0, 0.1) is 5.92 Å². The zero-order chi connectivity index (χ0) is 21.9. The number of hydrogen-bond donors (Lipinski definition) is 0. The average molecular weight is 429 g/mol. The van der Waals surface area contributed by atoms with Crippen LogP contribution in [0.25, 0.3) is 16.9 Å². The molecule has 0 atom stereocenters. The Bertz CT molecular complexity index is 1090. The fraction of sp³-hybridized carbons (Fsp3) is 0.346. The molecule has 2 heterocycles. The average Bonchev–Trinajstić information content (AvgIpc) is 3.57. The van der Waals surface area contributed by atoms with Crippen LogP contribution >= 0.6 is 0 Å². The number of benzene rings is 2. The molecule has 164 valence electrons. The number of amides is 2. The van der Waals surface area contributed by atoms with Gasteiger partial charge < -0.3 is 9.80 Å². The maximum absolute atomic E-state index is 13.2. The standard InChI is InChI=1S/C26H28N4O2/c31-25(21-9-4-5-10-21)28-15-17-29(18-16-28)26(32)22-11-6-12-23(19-22)30-24(13-14-27-30)20-7-2-1-3-8-20/h1-3,6-8,11-14,19,21H,4-5,9-10,15-18H2. The number of piperazine rings is 1. The Balaban J connectivity index is 1.29. The molecular weight excluding hydrogens is 400 g/mol. The van der Waals surface area contributed by atoms with E-state index in [1.54, 1.807) is 6.20 Å². The van der Waals surface area contributed by atoms with Gasteiger partial charge in [-0.15, -0.1) is 0 Å².